The molecule has 2 heterocycles. The van der Waals surface area contributed by atoms with Gasteiger partial charge in [0, 0.05) is 30.2 Å². The van der Waals surface area contributed by atoms with E-state index in [0.717, 1.165) is 16.7 Å². The Labute approximate surface area is 169 Å². The van der Waals surface area contributed by atoms with Crippen molar-refractivity contribution in [1.29, 1.82) is 5.26 Å². The molecule has 0 saturated carbocycles. The van der Waals surface area contributed by atoms with Gasteiger partial charge < -0.3 is 5.32 Å². The summed E-state index contributed by atoms with van der Waals surface area (Å²) in [5.74, 6) is -0.800. The molecule has 0 fully saturated rings. The number of nitrogens with one attached hydrogen (secondary N) is 1. The first-order valence-corrected chi connectivity index (χ1v) is 8.73. The lowest BCUT2D eigenvalue weighted by molar-refractivity contribution is -0.137. The van der Waals surface area contributed by atoms with Crippen molar-refractivity contribution in [2.75, 3.05) is 6.54 Å². The number of rotatable bonds is 4. The SMILES string of the molecule is Cc1c(-c2ccnn2C)cc(C(=O)NCC#N)c(=O)n1-c1cccc(C(F)(F)F)c1. The van der Waals surface area contributed by atoms with Crippen LogP contribution in [0.15, 0.2) is 47.4 Å². The molecule has 2 aromatic heterocycles. The van der Waals surface area contributed by atoms with Crippen LogP contribution in [0.1, 0.15) is 21.6 Å². The van der Waals surface area contributed by atoms with E-state index in [-0.39, 0.29) is 17.8 Å². The van der Waals surface area contributed by atoms with Crippen molar-refractivity contribution in [1.82, 2.24) is 19.7 Å². The Kier molecular flexibility index (Phi) is 5.47. The summed E-state index contributed by atoms with van der Waals surface area (Å²) in [4.78, 5) is 25.6. The summed E-state index contributed by atoms with van der Waals surface area (Å²) in [6.07, 6.45) is -3.08. The first kappa shape index (κ1) is 20.9. The van der Waals surface area contributed by atoms with E-state index in [1.807, 2.05) is 0 Å². The highest BCUT2D eigenvalue weighted by Crippen LogP contribution is 2.31. The number of hydrogen-bond acceptors (Lipinski definition) is 4. The molecule has 7 nitrogen and oxygen atoms in total. The zero-order valence-electron chi connectivity index (χ0n) is 16.0. The van der Waals surface area contributed by atoms with Crippen molar-refractivity contribution in [2.45, 2.75) is 13.1 Å². The van der Waals surface area contributed by atoms with Crippen LogP contribution in [-0.2, 0) is 13.2 Å². The fourth-order valence-electron chi connectivity index (χ4n) is 3.11. The Morgan fingerprint density at radius 2 is 2.00 bits per heavy atom. The van der Waals surface area contributed by atoms with E-state index >= 15 is 0 Å². The van der Waals surface area contributed by atoms with Gasteiger partial charge in [0.15, 0.2) is 0 Å². The monoisotopic (exact) mass is 415 g/mol. The molecule has 0 aliphatic carbocycles. The summed E-state index contributed by atoms with van der Waals surface area (Å²) < 4.78 is 42.1. The Bertz CT molecular complexity index is 1220. The number of benzene rings is 1. The third-order valence-electron chi connectivity index (χ3n) is 4.55. The lowest BCUT2D eigenvalue weighted by Gasteiger charge is -2.18. The van der Waals surface area contributed by atoms with Gasteiger partial charge in [0.1, 0.15) is 12.1 Å². The van der Waals surface area contributed by atoms with Gasteiger partial charge >= 0.3 is 6.18 Å². The number of aryl methyl sites for hydroxylation is 1. The Morgan fingerprint density at radius 3 is 2.60 bits per heavy atom. The van der Waals surface area contributed by atoms with Crippen LogP contribution in [0.3, 0.4) is 0 Å². The van der Waals surface area contributed by atoms with Crippen LogP contribution >= 0.6 is 0 Å². The lowest BCUT2D eigenvalue weighted by atomic mass is 10.1. The summed E-state index contributed by atoms with van der Waals surface area (Å²) in [6.45, 7) is 1.25. The number of amides is 1. The molecule has 0 unspecified atom stereocenters. The molecule has 0 aliphatic rings. The van der Waals surface area contributed by atoms with Gasteiger partial charge in [-0.15, -0.1) is 0 Å². The van der Waals surface area contributed by atoms with Crippen LogP contribution in [-0.4, -0.2) is 26.8 Å². The fourth-order valence-corrected chi connectivity index (χ4v) is 3.11. The van der Waals surface area contributed by atoms with Gasteiger partial charge in [0.05, 0.1) is 17.3 Å². The van der Waals surface area contributed by atoms with Crippen LogP contribution in [0.25, 0.3) is 16.9 Å². The molecule has 30 heavy (non-hydrogen) atoms. The van der Waals surface area contributed by atoms with E-state index < -0.39 is 23.2 Å². The molecular formula is C20H16F3N5O2. The highest BCUT2D eigenvalue weighted by Gasteiger charge is 2.31. The van der Waals surface area contributed by atoms with Gasteiger partial charge in [0.2, 0.25) is 0 Å². The molecule has 1 N–H and O–H groups in total. The van der Waals surface area contributed by atoms with Crippen molar-refractivity contribution in [3.8, 4) is 23.0 Å². The van der Waals surface area contributed by atoms with Crippen LogP contribution in [0, 0.1) is 18.3 Å². The minimum absolute atomic E-state index is 0.0364. The summed E-state index contributed by atoms with van der Waals surface area (Å²) >= 11 is 0. The second kappa shape index (κ2) is 7.87. The molecule has 1 aromatic carbocycles. The molecule has 0 spiro atoms. The van der Waals surface area contributed by atoms with Gasteiger partial charge in [0.25, 0.3) is 11.5 Å². The average molecular weight is 415 g/mol. The van der Waals surface area contributed by atoms with Crippen LogP contribution in [0.4, 0.5) is 13.2 Å². The molecule has 3 rings (SSSR count). The normalized spacial score (nSPS) is 11.2. The first-order chi connectivity index (χ1) is 14.1. The number of hydrogen-bond donors (Lipinski definition) is 1. The predicted molar refractivity (Wildman–Crippen MR) is 102 cm³/mol. The first-order valence-electron chi connectivity index (χ1n) is 8.73. The number of alkyl halides is 3. The highest BCUT2D eigenvalue weighted by molar-refractivity contribution is 5.95. The van der Waals surface area contributed by atoms with Crippen LogP contribution in [0.2, 0.25) is 0 Å². The highest BCUT2D eigenvalue weighted by atomic mass is 19.4. The molecule has 0 bridgehead atoms. The molecule has 0 saturated heterocycles. The summed E-state index contributed by atoms with van der Waals surface area (Å²) in [5, 5.41) is 15.1. The van der Waals surface area contributed by atoms with Crippen molar-refractivity contribution in [3.63, 3.8) is 0 Å². The topological polar surface area (TPSA) is 92.7 Å². The fraction of sp³-hybridized carbons (Fsp3) is 0.200. The third-order valence-corrected chi connectivity index (χ3v) is 4.55. The van der Waals surface area contributed by atoms with E-state index in [1.54, 1.807) is 26.1 Å². The average Bonchev–Trinajstić information content (AvgIpc) is 3.11. The zero-order chi connectivity index (χ0) is 22.1. The zero-order valence-corrected chi connectivity index (χ0v) is 16.0. The molecule has 0 aliphatic heterocycles. The second-order valence-corrected chi connectivity index (χ2v) is 6.43. The molecule has 3 aromatic rings. The smallest absolute Gasteiger partial charge is 0.339 e. The van der Waals surface area contributed by atoms with Crippen molar-refractivity contribution < 1.29 is 18.0 Å². The molecule has 154 valence electrons. The quantitative estimate of drug-likeness (QED) is 0.664. The molecular weight excluding hydrogens is 399 g/mol. The molecule has 10 heteroatoms. The maximum absolute atomic E-state index is 13.2. The summed E-state index contributed by atoms with van der Waals surface area (Å²) in [7, 11) is 1.66. The van der Waals surface area contributed by atoms with Crippen molar-refractivity contribution in [2.24, 2.45) is 7.05 Å². The van der Waals surface area contributed by atoms with E-state index in [4.69, 9.17) is 5.26 Å². The minimum Gasteiger partial charge on any atom is -0.339 e. The van der Waals surface area contributed by atoms with Crippen LogP contribution < -0.4 is 10.9 Å². The Morgan fingerprint density at radius 1 is 1.27 bits per heavy atom. The number of nitrogens with zero attached hydrogens (tertiary/aromatic N) is 4. The van der Waals surface area contributed by atoms with E-state index in [0.29, 0.717) is 17.0 Å². The number of carbonyl (C=O) groups excluding carboxylic acids is 1. The largest absolute Gasteiger partial charge is 0.416 e. The van der Waals surface area contributed by atoms with E-state index in [1.165, 1.54) is 29.1 Å². The minimum atomic E-state index is -4.60. The lowest BCUT2D eigenvalue weighted by Crippen LogP contribution is -2.34. The second-order valence-electron chi connectivity index (χ2n) is 6.43. The van der Waals surface area contributed by atoms with Crippen LogP contribution in [0.5, 0.6) is 0 Å². The Hall–Kier alpha value is -3.87. The van der Waals surface area contributed by atoms with Gasteiger partial charge in [-0.1, -0.05) is 6.07 Å². The maximum atomic E-state index is 13.2. The van der Waals surface area contributed by atoms with Crippen molar-refractivity contribution in [3.05, 3.63) is 69.8 Å². The Balaban J connectivity index is 2.32. The number of nitriles is 1. The van der Waals surface area contributed by atoms with Gasteiger partial charge in [-0.2, -0.15) is 23.5 Å². The summed E-state index contributed by atoms with van der Waals surface area (Å²) in [6, 6.07) is 9.04. The third kappa shape index (κ3) is 3.82. The molecule has 0 radical (unpaired) electrons. The van der Waals surface area contributed by atoms with Gasteiger partial charge in [-0.25, -0.2) is 0 Å². The molecule has 1 amide bonds. The predicted octanol–water partition coefficient (Wildman–Crippen LogP) is 2.82. The number of aromatic nitrogens is 3. The number of pyridine rings is 1. The van der Waals surface area contributed by atoms with E-state index in [9.17, 15) is 22.8 Å². The number of halogens is 3. The molecule has 0 atom stereocenters. The van der Waals surface area contributed by atoms with Gasteiger partial charge in [-0.3, -0.25) is 18.8 Å². The van der Waals surface area contributed by atoms with E-state index in [2.05, 4.69) is 10.4 Å². The summed E-state index contributed by atoms with van der Waals surface area (Å²) in [5.41, 5.74) is -0.729. The standard InChI is InChI=1S/C20H16F3N5O2/c1-12-15(17-6-8-26-27(17)2)11-16(18(29)25-9-7-24)19(30)28(12)14-5-3-4-13(10-14)20(21,22)23/h3-6,8,10-11H,9H2,1-2H3,(H,25,29). The maximum Gasteiger partial charge on any atom is 0.416 e. The van der Waals surface area contributed by atoms with Crippen molar-refractivity contribution >= 4 is 5.91 Å². The van der Waals surface area contributed by atoms with Gasteiger partial charge in [-0.05, 0) is 37.3 Å². The number of carbonyl (C=O) groups is 1.